The van der Waals surface area contributed by atoms with Crippen LogP contribution in [0, 0.1) is 5.92 Å². The molecule has 1 atom stereocenters. The van der Waals surface area contributed by atoms with Crippen LogP contribution in [0.25, 0.3) is 0 Å². The molecule has 24 heavy (non-hydrogen) atoms. The van der Waals surface area contributed by atoms with E-state index in [0.29, 0.717) is 18.9 Å². The van der Waals surface area contributed by atoms with Gasteiger partial charge in [-0.15, -0.1) is 0 Å². The SMILES string of the molecule is CC(C)(CC(O)(CC1CCCC1)C(=O)O)c1cccc2c1OCC2. The number of carboxylic acid groups (broad SMARTS) is 1. The monoisotopic (exact) mass is 332 g/mol. The second-order valence-electron chi connectivity index (χ2n) is 8.14. The van der Waals surface area contributed by atoms with Gasteiger partial charge in [0.25, 0.3) is 0 Å². The molecule has 0 saturated heterocycles. The number of rotatable bonds is 6. The Labute approximate surface area is 143 Å². The summed E-state index contributed by atoms with van der Waals surface area (Å²) < 4.78 is 5.80. The Kier molecular flexibility index (Phi) is 4.60. The number of hydrogen-bond acceptors (Lipinski definition) is 3. The van der Waals surface area contributed by atoms with Crippen molar-refractivity contribution in [1.82, 2.24) is 0 Å². The largest absolute Gasteiger partial charge is 0.493 e. The number of fused-ring (bicyclic) bond motifs is 1. The molecule has 1 heterocycles. The lowest BCUT2D eigenvalue weighted by Gasteiger charge is -2.36. The minimum Gasteiger partial charge on any atom is -0.493 e. The van der Waals surface area contributed by atoms with Gasteiger partial charge in [-0.2, -0.15) is 0 Å². The van der Waals surface area contributed by atoms with E-state index in [1.54, 1.807) is 0 Å². The van der Waals surface area contributed by atoms with E-state index in [4.69, 9.17) is 4.74 Å². The van der Waals surface area contributed by atoms with Crippen LogP contribution in [0.2, 0.25) is 0 Å². The van der Waals surface area contributed by atoms with Crippen LogP contribution in [0.4, 0.5) is 0 Å². The molecule has 3 rings (SSSR count). The topological polar surface area (TPSA) is 66.8 Å². The molecular weight excluding hydrogens is 304 g/mol. The van der Waals surface area contributed by atoms with Gasteiger partial charge in [0.05, 0.1) is 6.61 Å². The van der Waals surface area contributed by atoms with Crippen LogP contribution in [0.5, 0.6) is 5.75 Å². The third-order valence-corrected chi connectivity index (χ3v) is 5.68. The minimum absolute atomic E-state index is 0.200. The van der Waals surface area contributed by atoms with Crippen molar-refractivity contribution >= 4 is 5.97 Å². The fraction of sp³-hybridized carbons (Fsp3) is 0.650. The average molecular weight is 332 g/mol. The van der Waals surface area contributed by atoms with Crippen molar-refractivity contribution in [3.05, 3.63) is 29.3 Å². The molecule has 1 aliphatic heterocycles. The second-order valence-corrected chi connectivity index (χ2v) is 8.14. The van der Waals surface area contributed by atoms with Gasteiger partial charge in [-0.05, 0) is 29.7 Å². The molecule has 4 nitrogen and oxygen atoms in total. The van der Waals surface area contributed by atoms with Crippen molar-refractivity contribution in [1.29, 1.82) is 0 Å². The Bertz CT molecular complexity index is 616. The summed E-state index contributed by atoms with van der Waals surface area (Å²) in [4.78, 5) is 11.9. The van der Waals surface area contributed by atoms with Crippen molar-refractivity contribution in [3.63, 3.8) is 0 Å². The highest BCUT2D eigenvalue weighted by molar-refractivity contribution is 5.77. The summed E-state index contributed by atoms with van der Waals surface area (Å²) in [5, 5.41) is 20.7. The van der Waals surface area contributed by atoms with Crippen LogP contribution in [-0.2, 0) is 16.6 Å². The summed E-state index contributed by atoms with van der Waals surface area (Å²) in [6.45, 7) is 4.69. The maximum Gasteiger partial charge on any atom is 0.335 e. The lowest BCUT2D eigenvalue weighted by atomic mass is 9.72. The summed E-state index contributed by atoms with van der Waals surface area (Å²) in [6.07, 6.45) is 5.78. The summed E-state index contributed by atoms with van der Waals surface area (Å²) in [6, 6.07) is 6.06. The number of para-hydroxylation sites is 1. The van der Waals surface area contributed by atoms with Crippen molar-refractivity contribution < 1.29 is 19.7 Å². The zero-order valence-corrected chi connectivity index (χ0v) is 14.7. The van der Waals surface area contributed by atoms with Crippen LogP contribution in [-0.4, -0.2) is 28.4 Å². The predicted octanol–water partition coefficient (Wildman–Crippen LogP) is 3.69. The Hall–Kier alpha value is -1.55. The number of aliphatic hydroxyl groups is 1. The summed E-state index contributed by atoms with van der Waals surface area (Å²) in [5.41, 5.74) is 0.0279. The second kappa shape index (κ2) is 6.40. The lowest BCUT2D eigenvalue weighted by Crippen LogP contribution is -2.45. The molecule has 1 unspecified atom stereocenters. The molecular formula is C20H28O4. The Morgan fingerprint density at radius 2 is 2.00 bits per heavy atom. The average Bonchev–Trinajstić information content (AvgIpc) is 3.16. The first-order chi connectivity index (χ1) is 11.3. The minimum atomic E-state index is -1.68. The zero-order chi connectivity index (χ0) is 17.4. The van der Waals surface area contributed by atoms with E-state index in [0.717, 1.165) is 43.4 Å². The van der Waals surface area contributed by atoms with Gasteiger partial charge in [-0.1, -0.05) is 57.7 Å². The molecule has 0 spiro atoms. The van der Waals surface area contributed by atoms with Gasteiger partial charge in [0.2, 0.25) is 0 Å². The van der Waals surface area contributed by atoms with Crippen molar-refractivity contribution in [2.75, 3.05) is 6.61 Å². The number of ether oxygens (including phenoxy) is 1. The van der Waals surface area contributed by atoms with Gasteiger partial charge in [-0.3, -0.25) is 0 Å². The molecule has 2 N–H and O–H groups in total. The highest BCUT2D eigenvalue weighted by Crippen LogP contribution is 2.43. The molecule has 1 aromatic rings. The maximum atomic E-state index is 11.9. The lowest BCUT2D eigenvalue weighted by molar-refractivity contribution is -0.163. The summed E-state index contributed by atoms with van der Waals surface area (Å²) in [7, 11) is 0. The predicted molar refractivity (Wildman–Crippen MR) is 92.4 cm³/mol. The van der Waals surface area contributed by atoms with E-state index < -0.39 is 17.0 Å². The molecule has 2 aliphatic rings. The molecule has 4 heteroatoms. The molecule has 1 fully saturated rings. The molecule has 1 aromatic carbocycles. The summed E-state index contributed by atoms with van der Waals surface area (Å²) in [5.74, 6) is 0.103. The van der Waals surface area contributed by atoms with Crippen molar-refractivity contribution in [2.24, 2.45) is 5.92 Å². The highest BCUT2D eigenvalue weighted by Gasteiger charge is 2.44. The number of carboxylic acids is 1. The fourth-order valence-electron chi connectivity index (χ4n) is 4.50. The van der Waals surface area contributed by atoms with Crippen LogP contribution in [0.1, 0.15) is 63.5 Å². The van der Waals surface area contributed by atoms with E-state index in [9.17, 15) is 15.0 Å². The molecule has 0 aromatic heterocycles. The first kappa shape index (κ1) is 17.3. The first-order valence-electron chi connectivity index (χ1n) is 9.03. The van der Waals surface area contributed by atoms with E-state index in [2.05, 4.69) is 6.07 Å². The molecule has 1 aliphatic carbocycles. The van der Waals surface area contributed by atoms with Crippen LogP contribution in [0.3, 0.4) is 0 Å². The molecule has 0 radical (unpaired) electrons. The van der Waals surface area contributed by atoms with Crippen LogP contribution in [0.15, 0.2) is 18.2 Å². The third kappa shape index (κ3) is 3.30. The number of hydrogen-bond donors (Lipinski definition) is 2. The van der Waals surface area contributed by atoms with E-state index in [-0.39, 0.29) is 6.42 Å². The highest BCUT2D eigenvalue weighted by atomic mass is 16.5. The van der Waals surface area contributed by atoms with Gasteiger partial charge in [-0.25, -0.2) is 4.79 Å². The molecule has 0 amide bonds. The first-order valence-corrected chi connectivity index (χ1v) is 9.03. The number of aliphatic carboxylic acids is 1. The maximum absolute atomic E-state index is 11.9. The number of carbonyl (C=O) groups is 1. The van der Waals surface area contributed by atoms with Gasteiger partial charge in [0.15, 0.2) is 5.60 Å². The van der Waals surface area contributed by atoms with E-state index in [1.165, 1.54) is 5.56 Å². The van der Waals surface area contributed by atoms with Crippen molar-refractivity contribution in [3.8, 4) is 5.75 Å². The summed E-state index contributed by atoms with van der Waals surface area (Å²) >= 11 is 0. The van der Waals surface area contributed by atoms with E-state index in [1.807, 2.05) is 26.0 Å². The van der Waals surface area contributed by atoms with Gasteiger partial charge >= 0.3 is 5.97 Å². The Morgan fingerprint density at radius 3 is 2.67 bits per heavy atom. The quantitative estimate of drug-likeness (QED) is 0.834. The van der Waals surface area contributed by atoms with Gasteiger partial charge in [0, 0.05) is 12.0 Å². The number of benzene rings is 1. The van der Waals surface area contributed by atoms with Crippen LogP contribution < -0.4 is 4.74 Å². The zero-order valence-electron chi connectivity index (χ0n) is 14.7. The van der Waals surface area contributed by atoms with Crippen molar-refractivity contribution in [2.45, 2.75) is 69.8 Å². The fourth-order valence-corrected chi connectivity index (χ4v) is 4.50. The smallest absolute Gasteiger partial charge is 0.335 e. The molecule has 1 saturated carbocycles. The van der Waals surface area contributed by atoms with E-state index >= 15 is 0 Å². The Morgan fingerprint density at radius 1 is 1.29 bits per heavy atom. The Balaban J connectivity index is 1.85. The third-order valence-electron chi connectivity index (χ3n) is 5.68. The molecule has 0 bridgehead atoms. The van der Waals surface area contributed by atoms with Gasteiger partial charge < -0.3 is 14.9 Å². The van der Waals surface area contributed by atoms with Gasteiger partial charge in [0.1, 0.15) is 5.75 Å². The standard InChI is InChI=1S/C20H28O4/c1-19(2,16-9-5-8-15-10-11-24-17(15)16)13-20(23,18(21)22)12-14-6-3-4-7-14/h5,8-9,14,23H,3-4,6-7,10-13H2,1-2H3,(H,21,22). The molecule has 132 valence electrons. The van der Waals surface area contributed by atoms with Crippen LogP contribution >= 0.6 is 0 Å². The normalized spacial score (nSPS) is 20.5.